The molecule has 0 aliphatic carbocycles. The van der Waals surface area contributed by atoms with Gasteiger partial charge < -0.3 is 5.11 Å². The van der Waals surface area contributed by atoms with E-state index in [0.717, 1.165) is 9.85 Å². The SMILES string of the molecule is OC(c1cc(Br)c(Br)s1)c1ccc(Br)cc1C(F)(F)F. The summed E-state index contributed by atoms with van der Waals surface area (Å²) in [6, 6.07) is 5.32. The summed E-state index contributed by atoms with van der Waals surface area (Å²) in [5, 5.41) is 10.2. The van der Waals surface area contributed by atoms with E-state index in [9.17, 15) is 18.3 Å². The van der Waals surface area contributed by atoms with Crippen LogP contribution in [0, 0.1) is 0 Å². The molecule has 0 spiro atoms. The normalized spacial score (nSPS) is 13.6. The molecule has 2 aromatic rings. The van der Waals surface area contributed by atoms with Crippen molar-refractivity contribution >= 4 is 59.1 Å². The Morgan fingerprint density at radius 1 is 1.10 bits per heavy atom. The van der Waals surface area contributed by atoms with Gasteiger partial charge in [-0.1, -0.05) is 22.0 Å². The van der Waals surface area contributed by atoms with Crippen molar-refractivity contribution in [2.45, 2.75) is 12.3 Å². The van der Waals surface area contributed by atoms with Crippen molar-refractivity contribution in [1.82, 2.24) is 0 Å². The number of hydrogen-bond donors (Lipinski definition) is 1. The van der Waals surface area contributed by atoms with E-state index >= 15 is 0 Å². The number of alkyl halides is 3. The van der Waals surface area contributed by atoms with Gasteiger partial charge in [0.2, 0.25) is 0 Å². The first-order valence-corrected chi connectivity index (χ1v) is 8.39. The maximum absolute atomic E-state index is 13.0. The van der Waals surface area contributed by atoms with Crippen LogP contribution >= 0.6 is 59.1 Å². The molecule has 20 heavy (non-hydrogen) atoms. The molecule has 0 amide bonds. The number of thiophene rings is 1. The van der Waals surface area contributed by atoms with Gasteiger partial charge >= 0.3 is 6.18 Å². The zero-order valence-corrected chi connectivity index (χ0v) is 15.1. The van der Waals surface area contributed by atoms with E-state index in [2.05, 4.69) is 47.8 Å². The molecule has 1 unspecified atom stereocenters. The van der Waals surface area contributed by atoms with Gasteiger partial charge in [-0.2, -0.15) is 13.2 Å². The zero-order valence-electron chi connectivity index (χ0n) is 9.51. The highest BCUT2D eigenvalue weighted by atomic mass is 79.9. The van der Waals surface area contributed by atoms with Crippen LogP contribution < -0.4 is 0 Å². The van der Waals surface area contributed by atoms with Crippen LogP contribution in [0.3, 0.4) is 0 Å². The summed E-state index contributed by atoms with van der Waals surface area (Å²) < 4.78 is 40.9. The lowest BCUT2D eigenvalue weighted by molar-refractivity contribution is -0.139. The van der Waals surface area contributed by atoms with E-state index in [-0.39, 0.29) is 5.56 Å². The molecule has 2 rings (SSSR count). The van der Waals surface area contributed by atoms with Gasteiger partial charge in [0.05, 0.1) is 9.35 Å². The average Bonchev–Trinajstić information content (AvgIpc) is 2.67. The Labute approximate surface area is 142 Å². The smallest absolute Gasteiger partial charge is 0.383 e. The number of hydrogen-bond acceptors (Lipinski definition) is 2. The molecule has 108 valence electrons. The van der Waals surface area contributed by atoms with Gasteiger partial charge in [-0.3, -0.25) is 0 Å². The molecule has 0 aliphatic rings. The van der Waals surface area contributed by atoms with E-state index < -0.39 is 17.8 Å². The van der Waals surface area contributed by atoms with Crippen molar-refractivity contribution in [3.63, 3.8) is 0 Å². The molecule has 1 atom stereocenters. The predicted octanol–water partition coefficient (Wildman–Crippen LogP) is 6.14. The highest BCUT2D eigenvalue weighted by molar-refractivity contribution is 9.13. The molecule has 0 bridgehead atoms. The quantitative estimate of drug-likeness (QED) is 0.532. The van der Waals surface area contributed by atoms with Gasteiger partial charge in [-0.05, 0) is 55.6 Å². The fraction of sp³-hybridized carbons (Fsp3) is 0.167. The first-order chi connectivity index (χ1) is 9.20. The molecular formula is C12H6Br3F3OS. The summed E-state index contributed by atoms with van der Waals surface area (Å²) in [5.74, 6) is 0. The third kappa shape index (κ3) is 3.47. The molecule has 0 aliphatic heterocycles. The van der Waals surface area contributed by atoms with Crippen molar-refractivity contribution in [2.75, 3.05) is 0 Å². The van der Waals surface area contributed by atoms with Crippen LogP contribution in [0.15, 0.2) is 37.0 Å². The van der Waals surface area contributed by atoms with Crippen LogP contribution in [-0.4, -0.2) is 5.11 Å². The van der Waals surface area contributed by atoms with Crippen LogP contribution in [0.4, 0.5) is 13.2 Å². The minimum absolute atomic E-state index is 0.165. The predicted molar refractivity (Wildman–Crippen MR) is 82.9 cm³/mol. The molecule has 1 N–H and O–H groups in total. The first-order valence-electron chi connectivity index (χ1n) is 5.19. The molecule has 1 aromatic carbocycles. The summed E-state index contributed by atoms with van der Waals surface area (Å²) in [7, 11) is 0. The molecule has 1 heterocycles. The van der Waals surface area contributed by atoms with Gasteiger partial charge in [0.25, 0.3) is 0 Å². The van der Waals surface area contributed by atoms with Crippen molar-refractivity contribution in [3.8, 4) is 0 Å². The lowest BCUT2D eigenvalue weighted by Crippen LogP contribution is -2.12. The summed E-state index contributed by atoms with van der Waals surface area (Å²) in [6.07, 6.45) is -5.85. The summed E-state index contributed by atoms with van der Waals surface area (Å²) in [5.41, 5.74) is -1.01. The number of aliphatic hydroxyl groups excluding tert-OH is 1. The number of aliphatic hydroxyl groups is 1. The van der Waals surface area contributed by atoms with E-state index in [1.165, 1.54) is 23.5 Å². The summed E-state index contributed by atoms with van der Waals surface area (Å²) >= 11 is 10.7. The number of halogens is 6. The monoisotopic (exact) mass is 492 g/mol. The highest BCUT2D eigenvalue weighted by Gasteiger charge is 2.35. The van der Waals surface area contributed by atoms with Gasteiger partial charge in [-0.25, -0.2) is 0 Å². The maximum Gasteiger partial charge on any atom is 0.416 e. The lowest BCUT2D eigenvalue weighted by Gasteiger charge is -2.17. The third-order valence-corrected chi connectivity index (χ3v) is 6.35. The Balaban J connectivity index is 2.52. The van der Waals surface area contributed by atoms with E-state index in [1.54, 1.807) is 6.07 Å². The third-order valence-electron chi connectivity index (χ3n) is 2.55. The molecule has 8 heteroatoms. The lowest BCUT2D eigenvalue weighted by atomic mass is 10.0. The molecule has 1 aromatic heterocycles. The van der Waals surface area contributed by atoms with Crippen molar-refractivity contribution in [1.29, 1.82) is 0 Å². The molecule has 1 nitrogen and oxygen atoms in total. The Kier molecular flexibility index (Phi) is 5.01. The Morgan fingerprint density at radius 3 is 2.25 bits per heavy atom. The molecule has 0 fully saturated rings. The van der Waals surface area contributed by atoms with Crippen LogP contribution in [-0.2, 0) is 6.18 Å². The van der Waals surface area contributed by atoms with Gasteiger partial charge in [0.15, 0.2) is 0 Å². The van der Waals surface area contributed by atoms with E-state index in [0.29, 0.717) is 13.8 Å². The van der Waals surface area contributed by atoms with Gasteiger partial charge in [0, 0.05) is 13.8 Å². The second-order valence-corrected chi connectivity index (χ2v) is 8.07. The Bertz CT molecular complexity index is 620. The average molecular weight is 495 g/mol. The van der Waals surface area contributed by atoms with Gasteiger partial charge in [0.1, 0.15) is 6.10 Å². The van der Waals surface area contributed by atoms with Gasteiger partial charge in [-0.15, -0.1) is 11.3 Å². The van der Waals surface area contributed by atoms with E-state index in [1.807, 2.05) is 0 Å². The van der Waals surface area contributed by atoms with Crippen molar-refractivity contribution in [2.24, 2.45) is 0 Å². The van der Waals surface area contributed by atoms with E-state index in [4.69, 9.17) is 0 Å². The standard InChI is InChI=1S/C12H6Br3F3OS/c13-5-1-2-6(7(3-5)12(16,17)18)10(19)9-4-8(14)11(15)20-9/h1-4,10,19H. The Hall–Kier alpha value is 0.110. The Morgan fingerprint density at radius 2 is 1.75 bits per heavy atom. The fourth-order valence-electron chi connectivity index (χ4n) is 1.66. The largest absolute Gasteiger partial charge is 0.416 e. The fourth-order valence-corrected chi connectivity index (χ4v) is 4.12. The van der Waals surface area contributed by atoms with Crippen LogP contribution in [0.25, 0.3) is 0 Å². The highest BCUT2D eigenvalue weighted by Crippen LogP contribution is 2.42. The maximum atomic E-state index is 13.0. The second kappa shape index (κ2) is 6.08. The molecule has 0 radical (unpaired) electrons. The van der Waals surface area contributed by atoms with Crippen molar-refractivity contribution in [3.05, 3.63) is 53.0 Å². The first kappa shape index (κ1) is 16.5. The molecular weight excluding hydrogens is 489 g/mol. The number of rotatable bonds is 2. The van der Waals surface area contributed by atoms with Crippen molar-refractivity contribution < 1.29 is 18.3 Å². The minimum atomic E-state index is -4.52. The minimum Gasteiger partial charge on any atom is -0.383 e. The summed E-state index contributed by atoms with van der Waals surface area (Å²) in [6.45, 7) is 0. The van der Waals surface area contributed by atoms with Crippen LogP contribution in [0.5, 0.6) is 0 Å². The molecule has 0 saturated carbocycles. The number of benzene rings is 1. The summed E-state index contributed by atoms with van der Waals surface area (Å²) in [4.78, 5) is 0.427. The second-order valence-electron chi connectivity index (χ2n) is 3.90. The van der Waals surface area contributed by atoms with Crippen LogP contribution in [0.2, 0.25) is 0 Å². The zero-order chi connectivity index (χ0) is 15.1. The topological polar surface area (TPSA) is 20.2 Å². The molecule has 0 saturated heterocycles. The van der Waals surface area contributed by atoms with Crippen LogP contribution in [0.1, 0.15) is 22.1 Å².